The van der Waals surface area contributed by atoms with Gasteiger partial charge in [-0.3, -0.25) is 4.79 Å². The van der Waals surface area contributed by atoms with Crippen LogP contribution in [0.25, 0.3) is 0 Å². The third-order valence-electron chi connectivity index (χ3n) is 1.21. The molecule has 14 heavy (non-hydrogen) atoms. The average Bonchev–Trinajstić information content (AvgIpc) is 2.45. The number of hydrogen-bond donors (Lipinski definition) is 0. The first-order chi connectivity index (χ1) is 6.36. The van der Waals surface area contributed by atoms with Crippen LogP contribution in [0.2, 0.25) is 0 Å². The topological polar surface area (TPSA) is 43.4 Å². The van der Waals surface area contributed by atoms with Gasteiger partial charge in [0.15, 0.2) is 0 Å². The Morgan fingerprint density at radius 3 is 2.36 bits per heavy atom. The van der Waals surface area contributed by atoms with Crippen molar-refractivity contribution in [3.63, 3.8) is 0 Å². The lowest BCUT2D eigenvalue weighted by molar-refractivity contribution is -0.134. The van der Waals surface area contributed by atoms with E-state index in [2.05, 4.69) is 4.74 Å². The average molecular weight is 244 g/mol. The number of halogens is 3. The summed E-state index contributed by atoms with van der Waals surface area (Å²) in [6.07, 6.45) is -4.69. The molecular weight excluding hydrogens is 241 g/mol. The largest absolute Gasteiger partial charge is 0.465 e. The van der Waals surface area contributed by atoms with Gasteiger partial charge in [-0.05, 0) is 0 Å². The highest BCUT2D eigenvalue weighted by atomic mass is 32.2. The normalized spacial score (nSPS) is 11.4. The Hall–Kier alpha value is -0.890. The van der Waals surface area contributed by atoms with Gasteiger partial charge in [0.2, 0.25) is 0 Å². The predicted molar refractivity (Wildman–Crippen MR) is 44.8 cm³/mol. The maximum absolute atomic E-state index is 12.2. The Morgan fingerprint density at radius 1 is 1.36 bits per heavy atom. The number of esters is 1. The van der Waals surface area contributed by atoms with Gasteiger partial charge in [0, 0.05) is 0 Å². The monoisotopic (exact) mass is 244 g/mol. The molecule has 1 aromatic rings. The van der Waals surface area contributed by atoms with E-state index in [0.29, 0.717) is 0 Å². The van der Waals surface area contributed by atoms with Crippen molar-refractivity contribution in [2.24, 2.45) is 0 Å². The Morgan fingerprint density at radius 2 is 1.93 bits per heavy atom. The standard InChI is InChI=1S/C6H3F3O3S2/c1-12-4(10)2-3(6(7,8)9)14-5(11)13-2/h1H3. The molecule has 0 N–H and O–H groups in total. The summed E-state index contributed by atoms with van der Waals surface area (Å²) in [5, 5.41) is 0. The zero-order chi connectivity index (χ0) is 10.9. The molecule has 0 aromatic carbocycles. The van der Waals surface area contributed by atoms with Gasteiger partial charge in [0.1, 0.15) is 9.75 Å². The quantitative estimate of drug-likeness (QED) is 0.709. The molecule has 0 aliphatic heterocycles. The summed E-state index contributed by atoms with van der Waals surface area (Å²) >= 11 is 0.244. The Kier molecular flexibility index (Phi) is 2.95. The van der Waals surface area contributed by atoms with Crippen molar-refractivity contribution < 1.29 is 22.7 Å². The summed E-state index contributed by atoms with van der Waals surface area (Å²) in [6, 6.07) is 0. The van der Waals surface area contributed by atoms with Gasteiger partial charge in [-0.25, -0.2) is 4.79 Å². The van der Waals surface area contributed by atoms with Crippen LogP contribution in [0, 0.1) is 0 Å². The first kappa shape index (κ1) is 11.2. The number of alkyl halides is 3. The first-order valence-corrected chi connectivity index (χ1v) is 4.79. The maximum atomic E-state index is 12.2. The van der Waals surface area contributed by atoms with E-state index < -0.39 is 26.0 Å². The second-order valence-electron chi connectivity index (χ2n) is 2.10. The van der Waals surface area contributed by atoms with E-state index in [1.807, 2.05) is 0 Å². The predicted octanol–water partition coefficient (Wildman–Crippen LogP) is 1.98. The number of rotatable bonds is 1. The molecule has 1 rings (SSSR count). The van der Waals surface area contributed by atoms with Crippen LogP contribution >= 0.6 is 22.7 Å². The number of methoxy groups -OCH3 is 1. The number of carbonyl (C=O) groups excluding carboxylic acids is 1. The van der Waals surface area contributed by atoms with E-state index in [-0.39, 0.29) is 22.7 Å². The number of hydrogen-bond acceptors (Lipinski definition) is 5. The third kappa shape index (κ3) is 2.13. The highest BCUT2D eigenvalue weighted by Crippen LogP contribution is 2.36. The highest BCUT2D eigenvalue weighted by molar-refractivity contribution is 7.28. The fourth-order valence-corrected chi connectivity index (χ4v) is 2.61. The van der Waals surface area contributed by atoms with Gasteiger partial charge in [-0.1, -0.05) is 22.7 Å². The summed E-state index contributed by atoms with van der Waals surface area (Å²) in [4.78, 5) is 19.7. The SMILES string of the molecule is COC(=O)c1sc(=O)sc1C(F)(F)F. The summed E-state index contributed by atoms with van der Waals surface area (Å²) in [5.74, 6) is -1.14. The molecule has 0 saturated heterocycles. The smallest absolute Gasteiger partial charge is 0.427 e. The van der Waals surface area contributed by atoms with Crippen molar-refractivity contribution in [1.29, 1.82) is 0 Å². The van der Waals surface area contributed by atoms with Gasteiger partial charge < -0.3 is 4.74 Å². The van der Waals surface area contributed by atoms with Crippen molar-refractivity contribution in [1.82, 2.24) is 0 Å². The van der Waals surface area contributed by atoms with Gasteiger partial charge in [0.25, 0.3) is 4.06 Å². The molecule has 0 spiro atoms. The Bertz CT molecular complexity index is 403. The summed E-state index contributed by atoms with van der Waals surface area (Å²) < 4.78 is 40.0. The summed E-state index contributed by atoms with van der Waals surface area (Å²) in [5.41, 5.74) is 0. The molecule has 0 aliphatic carbocycles. The van der Waals surface area contributed by atoms with Crippen LogP contribution in [-0.2, 0) is 10.9 Å². The van der Waals surface area contributed by atoms with Crippen LogP contribution in [0.15, 0.2) is 4.79 Å². The lowest BCUT2D eigenvalue weighted by Crippen LogP contribution is -2.09. The van der Waals surface area contributed by atoms with Crippen LogP contribution in [0.4, 0.5) is 13.2 Å². The minimum Gasteiger partial charge on any atom is -0.465 e. The van der Waals surface area contributed by atoms with Crippen molar-refractivity contribution in [2.75, 3.05) is 7.11 Å². The van der Waals surface area contributed by atoms with Crippen LogP contribution in [0.1, 0.15) is 14.5 Å². The van der Waals surface area contributed by atoms with E-state index in [0.717, 1.165) is 7.11 Å². The van der Waals surface area contributed by atoms with Crippen molar-refractivity contribution in [3.8, 4) is 0 Å². The van der Waals surface area contributed by atoms with Crippen LogP contribution in [-0.4, -0.2) is 13.1 Å². The second-order valence-corrected chi connectivity index (χ2v) is 4.33. The molecule has 78 valence electrons. The molecule has 0 aliphatic rings. The maximum Gasteiger partial charge on any atom is 0.427 e. The van der Waals surface area contributed by atoms with E-state index in [1.54, 1.807) is 0 Å². The first-order valence-electron chi connectivity index (χ1n) is 3.15. The van der Waals surface area contributed by atoms with Crippen molar-refractivity contribution in [2.45, 2.75) is 6.18 Å². The Balaban J connectivity index is 3.30. The number of carbonyl (C=O) groups is 1. The van der Waals surface area contributed by atoms with E-state index in [1.165, 1.54) is 0 Å². The third-order valence-corrected chi connectivity index (χ3v) is 3.38. The fourth-order valence-electron chi connectivity index (χ4n) is 0.694. The van der Waals surface area contributed by atoms with Crippen LogP contribution < -0.4 is 4.06 Å². The molecule has 8 heteroatoms. The summed E-state index contributed by atoms with van der Waals surface area (Å²) in [7, 11) is 0.956. The van der Waals surface area contributed by atoms with Gasteiger partial charge in [-0.2, -0.15) is 13.2 Å². The molecular formula is C6H3F3O3S2. The van der Waals surface area contributed by atoms with Gasteiger partial charge in [-0.15, -0.1) is 0 Å². The minimum absolute atomic E-state index is 0.00213. The zero-order valence-electron chi connectivity index (χ0n) is 6.68. The molecule has 0 bridgehead atoms. The molecule has 0 saturated carbocycles. The van der Waals surface area contributed by atoms with Gasteiger partial charge in [0.05, 0.1) is 7.11 Å². The second kappa shape index (κ2) is 3.70. The number of ether oxygens (including phenoxy) is 1. The molecule has 0 unspecified atom stereocenters. The lowest BCUT2D eigenvalue weighted by Gasteiger charge is -2.03. The molecule has 0 atom stereocenters. The Labute approximate surface area is 83.8 Å². The minimum atomic E-state index is -4.69. The van der Waals surface area contributed by atoms with Crippen LogP contribution in [0.5, 0.6) is 0 Å². The molecule has 3 nitrogen and oxygen atoms in total. The fraction of sp³-hybridized carbons (Fsp3) is 0.333. The van der Waals surface area contributed by atoms with Crippen molar-refractivity contribution in [3.05, 3.63) is 18.6 Å². The van der Waals surface area contributed by atoms with E-state index in [4.69, 9.17) is 0 Å². The molecule has 0 amide bonds. The highest BCUT2D eigenvalue weighted by Gasteiger charge is 2.39. The molecule has 0 fully saturated rings. The van der Waals surface area contributed by atoms with E-state index in [9.17, 15) is 22.8 Å². The molecule has 0 radical (unpaired) electrons. The summed E-state index contributed by atoms with van der Waals surface area (Å²) in [6.45, 7) is 0. The van der Waals surface area contributed by atoms with Gasteiger partial charge >= 0.3 is 12.1 Å². The lowest BCUT2D eigenvalue weighted by atomic mass is 10.4. The molecule has 1 heterocycles. The van der Waals surface area contributed by atoms with Crippen molar-refractivity contribution >= 4 is 28.6 Å². The van der Waals surface area contributed by atoms with Crippen LogP contribution in [0.3, 0.4) is 0 Å². The zero-order valence-corrected chi connectivity index (χ0v) is 8.31. The van der Waals surface area contributed by atoms with E-state index >= 15 is 0 Å². The molecule has 1 aromatic heterocycles.